The Hall–Kier alpha value is -1.35. The maximum Gasteiger partial charge on any atom is 0.339 e. The van der Waals surface area contributed by atoms with Gasteiger partial charge in [0.1, 0.15) is 6.10 Å². The first-order valence-corrected chi connectivity index (χ1v) is 5.63. The molecule has 16 heavy (non-hydrogen) atoms. The number of hydrogen-bond donors (Lipinski definition) is 0. The number of rotatable bonds is 4. The molecule has 0 saturated heterocycles. The summed E-state index contributed by atoms with van der Waals surface area (Å²) < 4.78 is 5.36. The fraction of sp³-hybridized carbons (Fsp3) is 0.462. The van der Waals surface area contributed by atoms with Crippen molar-refractivity contribution in [3.05, 3.63) is 35.4 Å². The number of fused-ring (bicyclic) bond motifs is 1. The van der Waals surface area contributed by atoms with Crippen molar-refractivity contribution in [2.75, 3.05) is 20.6 Å². The maximum atomic E-state index is 11.5. The SMILES string of the molecule is CN(C)CCCC1OC(=O)c2ccccc21. The lowest BCUT2D eigenvalue weighted by Crippen LogP contribution is -2.14. The number of carbonyl (C=O) groups excluding carboxylic acids is 1. The Balaban J connectivity index is 2.01. The molecule has 0 fully saturated rings. The first-order valence-electron chi connectivity index (χ1n) is 5.63. The van der Waals surface area contributed by atoms with Gasteiger partial charge in [0, 0.05) is 5.56 Å². The van der Waals surface area contributed by atoms with E-state index in [0.717, 1.165) is 30.5 Å². The van der Waals surface area contributed by atoms with Gasteiger partial charge in [0.15, 0.2) is 0 Å². The molecule has 1 aliphatic rings. The van der Waals surface area contributed by atoms with Crippen LogP contribution in [0.2, 0.25) is 0 Å². The van der Waals surface area contributed by atoms with Gasteiger partial charge in [-0.3, -0.25) is 0 Å². The van der Waals surface area contributed by atoms with Gasteiger partial charge in [-0.05, 0) is 39.5 Å². The Bertz CT molecular complexity index is 387. The number of hydrogen-bond acceptors (Lipinski definition) is 3. The second-order valence-electron chi connectivity index (χ2n) is 4.43. The lowest BCUT2D eigenvalue weighted by Gasteiger charge is -2.13. The summed E-state index contributed by atoms with van der Waals surface area (Å²) in [5.41, 5.74) is 1.78. The predicted molar refractivity (Wildman–Crippen MR) is 62.4 cm³/mol. The van der Waals surface area contributed by atoms with Crippen LogP contribution in [0, 0.1) is 0 Å². The summed E-state index contributed by atoms with van der Waals surface area (Å²) in [6.07, 6.45) is 1.91. The average Bonchev–Trinajstić information content (AvgIpc) is 2.57. The minimum Gasteiger partial charge on any atom is -0.454 e. The molecule has 0 amide bonds. The second-order valence-corrected chi connectivity index (χ2v) is 4.43. The van der Waals surface area contributed by atoms with E-state index in [0.29, 0.717) is 0 Å². The van der Waals surface area contributed by atoms with Gasteiger partial charge in [0.2, 0.25) is 0 Å². The van der Waals surface area contributed by atoms with Crippen LogP contribution in [0.4, 0.5) is 0 Å². The van der Waals surface area contributed by atoms with E-state index in [4.69, 9.17) is 4.74 Å². The fourth-order valence-corrected chi connectivity index (χ4v) is 2.03. The highest BCUT2D eigenvalue weighted by Gasteiger charge is 2.29. The number of nitrogens with zero attached hydrogens (tertiary/aromatic N) is 1. The van der Waals surface area contributed by atoms with Crippen LogP contribution in [0.1, 0.15) is 34.9 Å². The van der Waals surface area contributed by atoms with Crippen molar-refractivity contribution in [2.45, 2.75) is 18.9 Å². The van der Waals surface area contributed by atoms with E-state index in [1.165, 1.54) is 0 Å². The van der Waals surface area contributed by atoms with Crippen molar-refractivity contribution < 1.29 is 9.53 Å². The van der Waals surface area contributed by atoms with Crippen LogP contribution in [0.25, 0.3) is 0 Å². The molecule has 1 unspecified atom stereocenters. The average molecular weight is 219 g/mol. The number of esters is 1. The minimum atomic E-state index is -0.176. The standard InChI is InChI=1S/C13H17NO2/c1-14(2)9-5-8-12-10-6-3-4-7-11(10)13(15)16-12/h3-4,6-7,12H,5,8-9H2,1-2H3. The molecule has 0 N–H and O–H groups in total. The van der Waals surface area contributed by atoms with Crippen LogP contribution in [0.3, 0.4) is 0 Å². The monoisotopic (exact) mass is 219 g/mol. The van der Waals surface area contributed by atoms with Gasteiger partial charge in [-0.15, -0.1) is 0 Å². The van der Waals surface area contributed by atoms with Crippen molar-refractivity contribution >= 4 is 5.97 Å². The van der Waals surface area contributed by atoms with E-state index in [9.17, 15) is 4.79 Å². The Morgan fingerprint density at radius 1 is 1.31 bits per heavy atom. The van der Waals surface area contributed by atoms with Gasteiger partial charge < -0.3 is 9.64 Å². The summed E-state index contributed by atoms with van der Waals surface area (Å²) in [5.74, 6) is -0.176. The first-order chi connectivity index (χ1) is 7.68. The Morgan fingerprint density at radius 3 is 2.81 bits per heavy atom. The van der Waals surface area contributed by atoms with E-state index >= 15 is 0 Å². The molecular formula is C13H17NO2. The molecule has 1 aliphatic heterocycles. The zero-order valence-electron chi connectivity index (χ0n) is 9.77. The summed E-state index contributed by atoms with van der Waals surface area (Å²) in [6, 6.07) is 7.66. The summed E-state index contributed by atoms with van der Waals surface area (Å²) in [5, 5.41) is 0. The zero-order valence-corrected chi connectivity index (χ0v) is 9.77. The lowest BCUT2D eigenvalue weighted by molar-refractivity contribution is 0.0361. The Morgan fingerprint density at radius 2 is 2.06 bits per heavy atom. The molecule has 1 aromatic rings. The molecule has 86 valence electrons. The molecule has 3 heteroatoms. The number of ether oxygens (including phenoxy) is 1. The van der Waals surface area contributed by atoms with Gasteiger partial charge in [0.05, 0.1) is 5.56 Å². The molecule has 0 bridgehead atoms. The van der Waals surface area contributed by atoms with Gasteiger partial charge >= 0.3 is 5.97 Å². The Labute approximate surface area is 96.0 Å². The van der Waals surface area contributed by atoms with Crippen molar-refractivity contribution in [1.82, 2.24) is 4.90 Å². The number of cyclic esters (lactones) is 1. The maximum absolute atomic E-state index is 11.5. The third kappa shape index (κ3) is 2.25. The fourth-order valence-electron chi connectivity index (χ4n) is 2.03. The largest absolute Gasteiger partial charge is 0.454 e. The molecule has 3 nitrogen and oxygen atoms in total. The summed E-state index contributed by atoms with van der Waals surface area (Å²) in [4.78, 5) is 13.7. The van der Waals surface area contributed by atoms with Crippen molar-refractivity contribution in [1.29, 1.82) is 0 Å². The topological polar surface area (TPSA) is 29.5 Å². The van der Waals surface area contributed by atoms with Gasteiger partial charge in [-0.25, -0.2) is 4.79 Å². The van der Waals surface area contributed by atoms with Crippen molar-refractivity contribution in [3.63, 3.8) is 0 Å². The molecule has 1 aromatic carbocycles. The van der Waals surface area contributed by atoms with E-state index in [-0.39, 0.29) is 12.1 Å². The van der Waals surface area contributed by atoms with Crippen LogP contribution >= 0.6 is 0 Å². The minimum absolute atomic E-state index is 0.0383. The van der Waals surface area contributed by atoms with Crippen LogP contribution in [0.15, 0.2) is 24.3 Å². The van der Waals surface area contributed by atoms with Crippen LogP contribution in [-0.2, 0) is 4.74 Å². The lowest BCUT2D eigenvalue weighted by atomic mass is 10.0. The summed E-state index contributed by atoms with van der Waals surface area (Å²) in [7, 11) is 4.10. The molecule has 1 atom stereocenters. The van der Waals surface area contributed by atoms with Gasteiger partial charge in [0.25, 0.3) is 0 Å². The quantitative estimate of drug-likeness (QED) is 0.727. The highest BCUT2D eigenvalue weighted by molar-refractivity contribution is 5.93. The molecule has 2 rings (SSSR count). The highest BCUT2D eigenvalue weighted by atomic mass is 16.5. The second kappa shape index (κ2) is 4.66. The third-order valence-electron chi connectivity index (χ3n) is 2.85. The first kappa shape index (κ1) is 11.1. The molecule has 0 radical (unpaired) electrons. The third-order valence-corrected chi connectivity index (χ3v) is 2.85. The molecule has 0 saturated carbocycles. The molecule has 0 aliphatic carbocycles. The zero-order chi connectivity index (χ0) is 11.5. The normalized spacial score (nSPS) is 18.7. The van der Waals surface area contributed by atoms with E-state index in [1.807, 2.05) is 24.3 Å². The summed E-state index contributed by atoms with van der Waals surface area (Å²) in [6.45, 7) is 1.02. The molecular weight excluding hydrogens is 202 g/mol. The van der Waals surface area contributed by atoms with Crippen molar-refractivity contribution in [2.24, 2.45) is 0 Å². The number of benzene rings is 1. The van der Waals surface area contributed by atoms with E-state index < -0.39 is 0 Å². The van der Waals surface area contributed by atoms with Crippen LogP contribution in [0.5, 0.6) is 0 Å². The van der Waals surface area contributed by atoms with Crippen molar-refractivity contribution in [3.8, 4) is 0 Å². The van der Waals surface area contributed by atoms with Crippen LogP contribution < -0.4 is 0 Å². The van der Waals surface area contributed by atoms with E-state index in [1.54, 1.807) is 0 Å². The highest BCUT2D eigenvalue weighted by Crippen LogP contribution is 2.33. The van der Waals surface area contributed by atoms with Crippen LogP contribution in [-0.4, -0.2) is 31.5 Å². The predicted octanol–water partition coefficient (Wildman–Crippen LogP) is 2.24. The Kier molecular flexibility index (Phi) is 3.25. The van der Waals surface area contributed by atoms with Gasteiger partial charge in [-0.2, -0.15) is 0 Å². The van der Waals surface area contributed by atoms with Gasteiger partial charge in [-0.1, -0.05) is 18.2 Å². The van der Waals surface area contributed by atoms with E-state index in [2.05, 4.69) is 19.0 Å². The molecule has 0 spiro atoms. The number of carbonyl (C=O) groups is 1. The molecule has 0 aromatic heterocycles. The molecule has 1 heterocycles. The smallest absolute Gasteiger partial charge is 0.339 e. The summed E-state index contributed by atoms with van der Waals surface area (Å²) >= 11 is 0.